The van der Waals surface area contributed by atoms with Gasteiger partial charge in [-0.3, -0.25) is 0 Å². The lowest BCUT2D eigenvalue weighted by atomic mass is 10.4. The number of fused-ring (bicyclic) bond motifs is 1. The molecule has 0 saturated carbocycles. The predicted octanol–water partition coefficient (Wildman–Crippen LogP) is 1.67. The third-order valence-corrected chi connectivity index (χ3v) is 2.24. The quantitative estimate of drug-likeness (QED) is 0.873. The van der Waals surface area contributed by atoms with Gasteiger partial charge < -0.3 is 5.73 Å². The topological polar surface area (TPSA) is 69.6 Å². The van der Waals surface area contributed by atoms with Crippen molar-refractivity contribution in [1.82, 2.24) is 19.7 Å². The normalized spacial score (nSPS) is 12.2. The van der Waals surface area contributed by atoms with Gasteiger partial charge in [0, 0.05) is 0 Å². The van der Waals surface area contributed by atoms with Crippen LogP contribution in [-0.2, 0) is 6.54 Å². The Bertz CT molecular complexity index is 545. The van der Waals surface area contributed by atoms with Gasteiger partial charge in [-0.05, 0) is 6.92 Å². The predicted molar refractivity (Wildman–Crippen MR) is 55.1 cm³/mol. The van der Waals surface area contributed by atoms with Crippen molar-refractivity contribution >= 4 is 16.9 Å². The summed E-state index contributed by atoms with van der Waals surface area (Å²) in [6.07, 6.45) is -3.79. The third-order valence-electron chi connectivity index (χ3n) is 2.24. The van der Waals surface area contributed by atoms with Crippen LogP contribution in [-0.4, -0.2) is 25.9 Å². The highest BCUT2D eigenvalue weighted by Gasteiger charge is 2.27. The maximum absolute atomic E-state index is 12.1. The Kier molecular flexibility index (Phi) is 2.64. The van der Waals surface area contributed by atoms with Gasteiger partial charge in [0.05, 0.1) is 24.5 Å². The highest BCUT2D eigenvalue weighted by atomic mass is 19.4. The molecule has 0 amide bonds. The Morgan fingerprint density at radius 2 is 2.06 bits per heavy atom. The number of rotatable bonds is 2. The average molecular weight is 245 g/mol. The number of nitrogens with two attached hydrogens (primary N) is 1. The molecule has 2 aromatic heterocycles. The lowest BCUT2D eigenvalue weighted by Gasteiger charge is -2.07. The maximum Gasteiger partial charge on any atom is 0.390 e. The van der Waals surface area contributed by atoms with Gasteiger partial charge in [-0.15, -0.1) is 0 Å². The molecule has 5 nitrogen and oxygen atoms in total. The summed E-state index contributed by atoms with van der Waals surface area (Å²) in [7, 11) is 0. The Morgan fingerprint density at radius 3 is 2.71 bits per heavy atom. The number of hydrogen-bond donors (Lipinski definition) is 1. The van der Waals surface area contributed by atoms with E-state index in [9.17, 15) is 13.2 Å². The molecule has 0 unspecified atom stereocenters. The molecule has 92 valence electrons. The molecular weight excluding hydrogens is 235 g/mol. The molecular formula is C9H10F3N5. The molecule has 2 N–H and O–H groups in total. The van der Waals surface area contributed by atoms with Crippen molar-refractivity contribution in [3.8, 4) is 0 Å². The minimum absolute atomic E-state index is 0.228. The van der Waals surface area contributed by atoms with E-state index < -0.39 is 12.6 Å². The van der Waals surface area contributed by atoms with Crippen LogP contribution in [0.3, 0.4) is 0 Å². The van der Waals surface area contributed by atoms with Crippen LogP contribution in [0.25, 0.3) is 11.0 Å². The number of halogens is 3. The van der Waals surface area contributed by atoms with E-state index in [1.165, 1.54) is 10.9 Å². The fourth-order valence-corrected chi connectivity index (χ4v) is 1.49. The number of aromatic nitrogens is 4. The molecule has 0 aliphatic heterocycles. The van der Waals surface area contributed by atoms with E-state index in [0.29, 0.717) is 16.9 Å². The summed E-state index contributed by atoms with van der Waals surface area (Å²) in [5.41, 5.74) is 5.96. The minimum atomic E-state index is -4.22. The standard InChI is InChI=1S/C9H10F3N5/c1-5-15-7(13)6-4-14-17(8(6)16-5)3-2-9(10,11)12/h4H,2-3H2,1H3,(H2,13,15,16). The summed E-state index contributed by atoms with van der Waals surface area (Å²) >= 11 is 0. The van der Waals surface area contributed by atoms with Crippen LogP contribution in [0.4, 0.5) is 19.0 Å². The van der Waals surface area contributed by atoms with Gasteiger partial charge in [0.15, 0.2) is 5.65 Å². The van der Waals surface area contributed by atoms with Gasteiger partial charge in [-0.25, -0.2) is 14.6 Å². The van der Waals surface area contributed by atoms with Crippen LogP contribution in [0.2, 0.25) is 0 Å². The zero-order valence-corrected chi connectivity index (χ0v) is 8.99. The molecule has 0 bridgehead atoms. The van der Waals surface area contributed by atoms with Crippen molar-refractivity contribution in [2.45, 2.75) is 26.1 Å². The van der Waals surface area contributed by atoms with Gasteiger partial charge in [-0.2, -0.15) is 18.3 Å². The van der Waals surface area contributed by atoms with Crippen LogP contribution in [0.1, 0.15) is 12.2 Å². The molecule has 0 radical (unpaired) electrons. The van der Waals surface area contributed by atoms with Crippen molar-refractivity contribution < 1.29 is 13.2 Å². The molecule has 2 rings (SSSR count). The summed E-state index contributed by atoms with van der Waals surface area (Å²) in [5, 5.41) is 4.30. The second kappa shape index (κ2) is 3.86. The number of nitrogens with zero attached hydrogens (tertiary/aromatic N) is 4. The molecule has 0 spiro atoms. The molecule has 8 heteroatoms. The number of nitrogen functional groups attached to an aromatic ring is 1. The zero-order chi connectivity index (χ0) is 12.6. The van der Waals surface area contributed by atoms with Crippen LogP contribution in [0.15, 0.2) is 6.20 Å². The van der Waals surface area contributed by atoms with Gasteiger partial charge in [0.2, 0.25) is 0 Å². The largest absolute Gasteiger partial charge is 0.390 e. The van der Waals surface area contributed by atoms with Crippen molar-refractivity contribution in [2.75, 3.05) is 5.73 Å². The summed E-state index contributed by atoms with van der Waals surface area (Å²) in [6.45, 7) is 1.35. The molecule has 0 aliphatic carbocycles. The smallest absolute Gasteiger partial charge is 0.383 e. The monoisotopic (exact) mass is 245 g/mol. The van der Waals surface area contributed by atoms with Gasteiger partial charge in [0.25, 0.3) is 0 Å². The second-order valence-corrected chi connectivity index (χ2v) is 3.63. The SMILES string of the molecule is Cc1nc(N)c2cnn(CCC(F)(F)F)c2n1. The Labute approximate surface area is 94.5 Å². The molecule has 0 aromatic carbocycles. The van der Waals surface area contributed by atoms with Crippen LogP contribution in [0.5, 0.6) is 0 Å². The van der Waals surface area contributed by atoms with E-state index >= 15 is 0 Å². The van der Waals surface area contributed by atoms with Gasteiger partial charge in [-0.1, -0.05) is 0 Å². The van der Waals surface area contributed by atoms with E-state index in [2.05, 4.69) is 15.1 Å². The fraction of sp³-hybridized carbons (Fsp3) is 0.444. The average Bonchev–Trinajstić information content (AvgIpc) is 2.57. The number of aryl methyl sites for hydroxylation is 2. The lowest BCUT2D eigenvalue weighted by Crippen LogP contribution is -2.13. The number of anilines is 1. The summed E-state index contributed by atoms with van der Waals surface area (Å²) in [5.74, 6) is 0.634. The van der Waals surface area contributed by atoms with E-state index in [4.69, 9.17) is 5.73 Å². The number of alkyl halides is 3. The van der Waals surface area contributed by atoms with Crippen molar-refractivity contribution in [2.24, 2.45) is 0 Å². The highest BCUT2D eigenvalue weighted by Crippen LogP contribution is 2.22. The van der Waals surface area contributed by atoms with E-state index in [-0.39, 0.29) is 12.4 Å². The van der Waals surface area contributed by atoms with Crippen molar-refractivity contribution in [3.05, 3.63) is 12.0 Å². The molecule has 0 atom stereocenters. The van der Waals surface area contributed by atoms with E-state index in [1.54, 1.807) is 6.92 Å². The molecule has 0 saturated heterocycles. The summed E-state index contributed by atoms with van der Waals surface area (Å²) < 4.78 is 37.5. The second-order valence-electron chi connectivity index (χ2n) is 3.63. The Balaban J connectivity index is 2.36. The van der Waals surface area contributed by atoms with Crippen molar-refractivity contribution in [1.29, 1.82) is 0 Å². The zero-order valence-electron chi connectivity index (χ0n) is 8.99. The van der Waals surface area contributed by atoms with Crippen molar-refractivity contribution in [3.63, 3.8) is 0 Å². The minimum Gasteiger partial charge on any atom is -0.383 e. The first-order valence-electron chi connectivity index (χ1n) is 4.89. The number of hydrogen-bond acceptors (Lipinski definition) is 4. The molecule has 2 aromatic rings. The Morgan fingerprint density at radius 1 is 1.35 bits per heavy atom. The lowest BCUT2D eigenvalue weighted by molar-refractivity contribution is -0.137. The van der Waals surface area contributed by atoms with Crippen LogP contribution >= 0.6 is 0 Å². The van der Waals surface area contributed by atoms with E-state index in [1.807, 2.05) is 0 Å². The Hall–Kier alpha value is -1.86. The van der Waals surface area contributed by atoms with Crippen LogP contribution in [0, 0.1) is 6.92 Å². The highest BCUT2D eigenvalue weighted by molar-refractivity contribution is 5.84. The first-order chi connectivity index (χ1) is 7.87. The van der Waals surface area contributed by atoms with Gasteiger partial charge in [0.1, 0.15) is 11.6 Å². The third kappa shape index (κ3) is 2.45. The maximum atomic E-state index is 12.1. The first kappa shape index (κ1) is 11.6. The van der Waals surface area contributed by atoms with E-state index in [0.717, 1.165) is 0 Å². The molecule has 17 heavy (non-hydrogen) atoms. The fourth-order valence-electron chi connectivity index (χ4n) is 1.49. The van der Waals surface area contributed by atoms with Gasteiger partial charge >= 0.3 is 6.18 Å². The summed E-state index contributed by atoms with van der Waals surface area (Å²) in [6, 6.07) is 0. The molecule has 0 aliphatic rings. The van der Waals surface area contributed by atoms with Crippen LogP contribution < -0.4 is 5.73 Å². The molecule has 0 fully saturated rings. The summed E-state index contributed by atoms with van der Waals surface area (Å²) in [4.78, 5) is 7.95. The first-order valence-corrected chi connectivity index (χ1v) is 4.89. The molecule has 2 heterocycles.